The first kappa shape index (κ1) is 11.3. The second kappa shape index (κ2) is 5.06. The fourth-order valence-corrected chi connectivity index (χ4v) is 1.02. The van der Waals surface area contributed by atoms with Crippen LogP contribution in [0.25, 0.3) is 0 Å². The molecular formula is C7H8NaO2S. The molecule has 1 rings (SSSR count). The smallest absolute Gasteiger partial charge is 0.186 e. The van der Waals surface area contributed by atoms with Gasteiger partial charge in [-0.05, 0) is 19.1 Å². The Balaban J connectivity index is 0.000001000. The number of rotatable bonds is 1. The van der Waals surface area contributed by atoms with Gasteiger partial charge < -0.3 is 4.55 Å². The number of hydrogen-bond acceptors (Lipinski definition) is 1. The molecule has 1 radical (unpaired) electrons. The first-order valence-corrected chi connectivity index (χ1v) is 3.98. The van der Waals surface area contributed by atoms with Crippen molar-refractivity contribution in [3.63, 3.8) is 0 Å². The van der Waals surface area contributed by atoms with Crippen molar-refractivity contribution in [2.75, 3.05) is 0 Å². The summed E-state index contributed by atoms with van der Waals surface area (Å²) in [6, 6.07) is 6.91. The molecule has 0 aliphatic heterocycles. The van der Waals surface area contributed by atoms with Gasteiger partial charge in [0.05, 0.1) is 4.90 Å². The van der Waals surface area contributed by atoms with Crippen LogP contribution < -0.4 is 0 Å². The molecule has 0 fully saturated rings. The van der Waals surface area contributed by atoms with Gasteiger partial charge in [0.15, 0.2) is 11.1 Å². The predicted molar refractivity (Wildman–Crippen MR) is 46.0 cm³/mol. The maximum atomic E-state index is 10.4. The Bertz CT molecular complexity index is 245. The zero-order valence-electron chi connectivity index (χ0n) is 6.57. The molecule has 1 aromatic carbocycles. The Morgan fingerprint density at radius 3 is 2.09 bits per heavy atom. The molecule has 1 atom stereocenters. The van der Waals surface area contributed by atoms with Crippen molar-refractivity contribution in [3.8, 4) is 0 Å². The SMILES string of the molecule is Cc1ccc(S(=O)O)cc1.[Na]. The summed E-state index contributed by atoms with van der Waals surface area (Å²) in [7, 11) is 0. The molecule has 0 aliphatic carbocycles. The molecule has 55 valence electrons. The molecule has 0 heterocycles. The molecule has 0 amide bonds. The fraction of sp³-hybridized carbons (Fsp3) is 0.143. The van der Waals surface area contributed by atoms with E-state index < -0.39 is 11.1 Å². The summed E-state index contributed by atoms with van der Waals surface area (Å²) in [5.74, 6) is 0. The maximum absolute atomic E-state index is 10.4. The van der Waals surface area contributed by atoms with Crippen LogP contribution >= 0.6 is 0 Å². The van der Waals surface area contributed by atoms with Crippen molar-refractivity contribution >= 4 is 40.6 Å². The van der Waals surface area contributed by atoms with E-state index in [4.69, 9.17) is 4.55 Å². The Hall–Kier alpha value is 0.330. The molecule has 0 aromatic heterocycles. The van der Waals surface area contributed by atoms with Crippen LogP contribution in [-0.2, 0) is 11.1 Å². The largest absolute Gasteiger partial charge is 0.302 e. The molecule has 2 nitrogen and oxygen atoms in total. The normalized spacial score (nSPS) is 11.8. The third kappa shape index (κ3) is 3.49. The molecule has 1 N–H and O–H groups in total. The molecule has 0 saturated heterocycles. The first-order chi connectivity index (χ1) is 4.70. The third-order valence-electron chi connectivity index (χ3n) is 1.22. The standard InChI is InChI=1S/C7H8O2S.Na/c1-6-2-4-7(5-3-6)10(8)9;/h2-5H,1H3,(H,8,9);. The minimum absolute atomic E-state index is 0. The van der Waals surface area contributed by atoms with Crippen LogP contribution in [0.3, 0.4) is 0 Å². The topological polar surface area (TPSA) is 37.3 Å². The van der Waals surface area contributed by atoms with Gasteiger partial charge in [0, 0.05) is 29.6 Å². The van der Waals surface area contributed by atoms with E-state index >= 15 is 0 Å². The average molecular weight is 179 g/mol. The van der Waals surface area contributed by atoms with Gasteiger partial charge in [-0.25, -0.2) is 4.21 Å². The number of aryl methyl sites for hydroxylation is 1. The van der Waals surface area contributed by atoms with E-state index in [2.05, 4.69) is 0 Å². The first-order valence-electron chi connectivity index (χ1n) is 2.87. The fourth-order valence-electron chi connectivity index (χ4n) is 0.655. The van der Waals surface area contributed by atoms with E-state index in [0.29, 0.717) is 4.90 Å². The van der Waals surface area contributed by atoms with Gasteiger partial charge in [-0.15, -0.1) is 0 Å². The Morgan fingerprint density at radius 1 is 1.27 bits per heavy atom. The Kier molecular flexibility index (Phi) is 5.21. The van der Waals surface area contributed by atoms with Crippen LogP contribution in [0.15, 0.2) is 29.2 Å². The van der Waals surface area contributed by atoms with E-state index in [1.165, 1.54) is 0 Å². The zero-order valence-corrected chi connectivity index (χ0v) is 9.39. The average Bonchev–Trinajstić information content (AvgIpc) is 1.88. The Morgan fingerprint density at radius 2 is 1.73 bits per heavy atom. The molecule has 4 heteroatoms. The van der Waals surface area contributed by atoms with Crippen molar-refractivity contribution in [1.29, 1.82) is 0 Å². The summed E-state index contributed by atoms with van der Waals surface area (Å²) >= 11 is -1.84. The minimum atomic E-state index is -1.84. The van der Waals surface area contributed by atoms with Crippen molar-refractivity contribution in [2.24, 2.45) is 0 Å². The van der Waals surface area contributed by atoms with Gasteiger partial charge in [0.2, 0.25) is 0 Å². The minimum Gasteiger partial charge on any atom is -0.302 e. The van der Waals surface area contributed by atoms with Crippen LogP contribution in [-0.4, -0.2) is 38.3 Å². The summed E-state index contributed by atoms with van der Waals surface area (Å²) < 4.78 is 19.0. The number of benzene rings is 1. The summed E-state index contributed by atoms with van der Waals surface area (Å²) in [5.41, 5.74) is 1.09. The van der Waals surface area contributed by atoms with E-state index in [1.807, 2.05) is 19.1 Å². The molecular weight excluding hydrogens is 171 g/mol. The van der Waals surface area contributed by atoms with E-state index in [9.17, 15) is 4.21 Å². The van der Waals surface area contributed by atoms with Gasteiger partial charge in [0.1, 0.15) is 0 Å². The van der Waals surface area contributed by atoms with Crippen LogP contribution in [0.4, 0.5) is 0 Å². The second-order valence-electron chi connectivity index (χ2n) is 2.06. The maximum Gasteiger partial charge on any atom is 0.186 e. The van der Waals surface area contributed by atoms with Crippen molar-refractivity contribution in [2.45, 2.75) is 11.8 Å². The number of hydrogen-bond donors (Lipinski definition) is 1. The van der Waals surface area contributed by atoms with Crippen molar-refractivity contribution < 1.29 is 8.76 Å². The quantitative estimate of drug-likeness (QED) is 0.519. The van der Waals surface area contributed by atoms with Gasteiger partial charge in [-0.1, -0.05) is 17.7 Å². The molecule has 11 heavy (non-hydrogen) atoms. The third-order valence-corrected chi connectivity index (χ3v) is 1.90. The van der Waals surface area contributed by atoms with Crippen LogP contribution in [0.2, 0.25) is 0 Å². The van der Waals surface area contributed by atoms with Gasteiger partial charge in [0.25, 0.3) is 0 Å². The van der Waals surface area contributed by atoms with E-state index in [-0.39, 0.29) is 29.6 Å². The monoisotopic (exact) mass is 179 g/mol. The summed E-state index contributed by atoms with van der Waals surface area (Å²) in [4.78, 5) is 0.450. The Labute approximate surface area is 90.6 Å². The van der Waals surface area contributed by atoms with Crippen molar-refractivity contribution in [1.82, 2.24) is 0 Å². The van der Waals surface area contributed by atoms with Crippen molar-refractivity contribution in [3.05, 3.63) is 29.8 Å². The van der Waals surface area contributed by atoms with Crippen LogP contribution in [0, 0.1) is 6.92 Å². The van der Waals surface area contributed by atoms with E-state index in [1.54, 1.807) is 12.1 Å². The second-order valence-corrected chi connectivity index (χ2v) is 3.03. The molecule has 1 aromatic rings. The van der Waals surface area contributed by atoms with Crippen LogP contribution in [0.5, 0.6) is 0 Å². The summed E-state index contributed by atoms with van der Waals surface area (Å²) in [6.45, 7) is 1.93. The molecule has 1 unspecified atom stereocenters. The summed E-state index contributed by atoms with van der Waals surface area (Å²) in [6.07, 6.45) is 0. The van der Waals surface area contributed by atoms with Gasteiger partial charge in [-0.2, -0.15) is 0 Å². The van der Waals surface area contributed by atoms with Gasteiger partial charge in [-0.3, -0.25) is 0 Å². The molecule has 0 spiro atoms. The summed E-state index contributed by atoms with van der Waals surface area (Å²) in [5, 5.41) is 0. The van der Waals surface area contributed by atoms with E-state index in [0.717, 1.165) is 5.56 Å². The predicted octanol–water partition coefficient (Wildman–Crippen LogP) is 1.19. The zero-order chi connectivity index (χ0) is 7.56. The molecule has 0 aliphatic rings. The van der Waals surface area contributed by atoms with Crippen LogP contribution in [0.1, 0.15) is 5.56 Å². The molecule has 0 bridgehead atoms. The van der Waals surface area contributed by atoms with Gasteiger partial charge >= 0.3 is 0 Å². The molecule has 0 saturated carbocycles.